The lowest BCUT2D eigenvalue weighted by atomic mass is 10.00. The number of hydrogen-bond donors (Lipinski definition) is 1. The summed E-state index contributed by atoms with van der Waals surface area (Å²) in [4.78, 5) is 12.6. The standard InChI is InChI=1S/C19H19F2NO4/c1-2-24-17-11-12(7-8-16(17)26-19(20)21)18(23)22-14-9-10-25-15-6-4-3-5-13(14)15/h3-8,11,14,19H,2,9-10H2,1H3,(H,22,23)/t14-/m1/s1. The summed E-state index contributed by atoms with van der Waals surface area (Å²) in [7, 11) is 0. The molecule has 1 heterocycles. The highest BCUT2D eigenvalue weighted by atomic mass is 19.3. The highest BCUT2D eigenvalue weighted by Crippen LogP contribution is 2.33. The third-order valence-corrected chi connectivity index (χ3v) is 3.99. The van der Waals surface area contributed by atoms with Crippen molar-refractivity contribution in [1.29, 1.82) is 0 Å². The van der Waals surface area contributed by atoms with Crippen molar-refractivity contribution in [1.82, 2.24) is 5.32 Å². The maximum absolute atomic E-state index is 12.6. The van der Waals surface area contributed by atoms with Crippen LogP contribution in [-0.4, -0.2) is 25.7 Å². The van der Waals surface area contributed by atoms with Crippen LogP contribution in [0.15, 0.2) is 42.5 Å². The lowest BCUT2D eigenvalue weighted by Crippen LogP contribution is -2.32. The third kappa shape index (κ3) is 4.04. The Morgan fingerprint density at radius 3 is 2.85 bits per heavy atom. The van der Waals surface area contributed by atoms with Crippen LogP contribution in [0.4, 0.5) is 8.78 Å². The third-order valence-electron chi connectivity index (χ3n) is 3.99. The molecule has 0 fully saturated rings. The molecule has 0 spiro atoms. The van der Waals surface area contributed by atoms with Gasteiger partial charge in [-0.3, -0.25) is 4.79 Å². The number of carbonyl (C=O) groups is 1. The van der Waals surface area contributed by atoms with E-state index in [0.29, 0.717) is 18.6 Å². The summed E-state index contributed by atoms with van der Waals surface area (Å²) < 4.78 is 40.3. The van der Waals surface area contributed by atoms with E-state index in [4.69, 9.17) is 9.47 Å². The molecule has 138 valence electrons. The number of nitrogens with one attached hydrogen (secondary N) is 1. The lowest BCUT2D eigenvalue weighted by molar-refractivity contribution is -0.0514. The first-order chi connectivity index (χ1) is 12.6. The van der Waals surface area contributed by atoms with Crippen molar-refractivity contribution >= 4 is 5.91 Å². The molecule has 0 bridgehead atoms. The number of hydrogen-bond acceptors (Lipinski definition) is 4. The van der Waals surface area contributed by atoms with E-state index >= 15 is 0 Å². The zero-order chi connectivity index (χ0) is 18.5. The zero-order valence-electron chi connectivity index (χ0n) is 14.2. The quantitative estimate of drug-likeness (QED) is 0.845. The van der Waals surface area contributed by atoms with Gasteiger partial charge in [-0.05, 0) is 31.2 Å². The minimum atomic E-state index is -2.97. The Kier molecular flexibility index (Phi) is 5.55. The molecule has 1 atom stereocenters. The summed E-state index contributed by atoms with van der Waals surface area (Å²) in [6.07, 6.45) is 0.646. The molecular weight excluding hydrogens is 344 g/mol. The smallest absolute Gasteiger partial charge is 0.387 e. The summed E-state index contributed by atoms with van der Waals surface area (Å²) in [6, 6.07) is 11.5. The molecule has 26 heavy (non-hydrogen) atoms. The van der Waals surface area contributed by atoms with Gasteiger partial charge in [0.05, 0.1) is 19.3 Å². The Morgan fingerprint density at radius 2 is 2.08 bits per heavy atom. The summed E-state index contributed by atoms with van der Waals surface area (Å²) in [6.45, 7) is -0.476. The van der Waals surface area contributed by atoms with Crippen molar-refractivity contribution in [2.24, 2.45) is 0 Å². The van der Waals surface area contributed by atoms with Gasteiger partial charge in [0.1, 0.15) is 5.75 Å². The van der Waals surface area contributed by atoms with Crippen molar-refractivity contribution in [2.45, 2.75) is 26.0 Å². The molecule has 1 aliphatic rings. The first-order valence-electron chi connectivity index (χ1n) is 8.32. The van der Waals surface area contributed by atoms with E-state index in [2.05, 4.69) is 10.1 Å². The molecule has 0 unspecified atom stereocenters. The van der Waals surface area contributed by atoms with E-state index in [1.807, 2.05) is 24.3 Å². The summed E-state index contributed by atoms with van der Waals surface area (Å²) in [5.74, 6) is 0.429. The van der Waals surface area contributed by atoms with Crippen LogP contribution < -0.4 is 19.5 Å². The highest BCUT2D eigenvalue weighted by molar-refractivity contribution is 5.95. The molecule has 0 saturated heterocycles. The van der Waals surface area contributed by atoms with Gasteiger partial charge in [0.25, 0.3) is 5.91 Å². The monoisotopic (exact) mass is 363 g/mol. The maximum atomic E-state index is 12.6. The largest absolute Gasteiger partial charge is 0.493 e. The van der Waals surface area contributed by atoms with E-state index in [-0.39, 0.29) is 30.1 Å². The predicted molar refractivity (Wildman–Crippen MR) is 91.0 cm³/mol. The van der Waals surface area contributed by atoms with Gasteiger partial charge in [0.15, 0.2) is 11.5 Å². The second-order valence-corrected chi connectivity index (χ2v) is 5.67. The molecule has 2 aromatic rings. The van der Waals surface area contributed by atoms with Gasteiger partial charge in [-0.25, -0.2) is 0 Å². The molecule has 3 rings (SSSR count). The molecule has 2 aromatic carbocycles. The van der Waals surface area contributed by atoms with Crippen LogP contribution in [0.25, 0.3) is 0 Å². The van der Waals surface area contributed by atoms with Crippen LogP contribution in [0.1, 0.15) is 35.3 Å². The highest BCUT2D eigenvalue weighted by Gasteiger charge is 2.23. The fourth-order valence-corrected chi connectivity index (χ4v) is 2.84. The molecule has 0 aromatic heterocycles. The summed E-state index contributed by atoms with van der Waals surface area (Å²) >= 11 is 0. The Labute approximate surface area is 149 Å². The van der Waals surface area contributed by atoms with Crippen molar-refractivity contribution in [3.05, 3.63) is 53.6 Å². The number of para-hydroxylation sites is 1. The van der Waals surface area contributed by atoms with Crippen LogP contribution in [-0.2, 0) is 0 Å². The van der Waals surface area contributed by atoms with E-state index in [0.717, 1.165) is 11.3 Å². The van der Waals surface area contributed by atoms with Gasteiger partial charge in [0, 0.05) is 17.5 Å². The van der Waals surface area contributed by atoms with Gasteiger partial charge in [0.2, 0.25) is 0 Å². The summed E-state index contributed by atoms with van der Waals surface area (Å²) in [5, 5.41) is 2.96. The molecule has 5 nitrogen and oxygen atoms in total. The Bertz CT molecular complexity index is 782. The van der Waals surface area contributed by atoms with Gasteiger partial charge in [-0.1, -0.05) is 18.2 Å². The number of carbonyl (C=O) groups excluding carboxylic acids is 1. The number of fused-ring (bicyclic) bond motifs is 1. The van der Waals surface area contributed by atoms with Crippen molar-refractivity contribution in [3.8, 4) is 17.2 Å². The number of alkyl halides is 2. The molecular formula is C19H19F2NO4. The van der Waals surface area contributed by atoms with E-state index in [9.17, 15) is 13.6 Å². The fraction of sp³-hybridized carbons (Fsp3) is 0.316. The van der Waals surface area contributed by atoms with E-state index < -0.39 is 6.61 Å². The van der Waals surface area contributed by atoms with Crippen molar-refractivity contribution in [3.63, 3.8) is 0 Å². The predicted octanol–water partition coefficient (Wildman–Crippen LogP) is 3.94. The number of benzene rings is 2. The Morgan fingerprint density at radius 1 is 1.27 bits per heavy atom. The molecule has 0 radical (unpaired) electrons. The number of amides is 1. The molecule has 1 aliphatic heterocycles. The molecule has 1 amide bonds. The van der Waals surface area contributed by atoms with Gasteiger partial charge in [-0.2, -0.15) is 8.78 Å². The normalized spacial score (nSPS) is 15.8. The molecule has 7 heteroatoms. The zero-order valence-corrected chi connectivity index (χ0v) is 14.2. The van der Waals surface area contributed by atoms with Crippen molar-refractivity contribution < 1.29 is 27.8 Å². The summed E-state index contributed by atoms with van der Waals surface area (Å²) in [5.41, 5.74) is 1.22. The first kappa shape index (κ1) is 18.0. The minimum Gasteiger partial charge on any atom is -0.493 e. The van der Waals surface area contributed by atoms with Crippen LogP contribution in [0.3, 0.4) is 0 Å². The number of ether oxygens (including phenoxy) is 3. The van der Waals surface area contributed by atoms with Gasteiger partial charge >= 0.3 is 6.61 Å². The Hall–Kier alpha value is -2.83. The second-order valence-electron chi connectivity index (χ2n) is 5.67. The van der Waals surface area contributed by atoms with Crippen LogP contribution >= 0.6 is 0 Å². The average Bonchev–Trinajstić information content (AvgIpc) is 2.63. The van der Waals surface area contributed by atoms with Gasteiger partial charge in [-0.15, -0.1) is 0 Å². The molecule has 0 aliphatic carbocycles. The van der Waals surface area contributed by atoms with Gasteiger partial charge < -0.3 is 19.5 Å². The Balaban J connectivity index is 1.79. The average molecular weight is 363 g/mol. The van der Waals surface area contributed by atoms with Crippen molar-refractivity contribution in [2.75, 3.05) is 13.2 Å². The van der Waals surface area contributed by atoms with Crippen LogP contribution in [0.5, 0.6) is 17.2 Å². The first-order valence-corrected chi connectivity index (χ1v) is 8.32. The SMILES string of the molecule is CCOc1cc(C(=O)N[C@@H]2CCOc3ccccc32)ccc1OC(F)F. The minimum absolute atomic E-state index is 0.102. The molecule has 1 N–H and O–H groups in total. The van der Waals surface area contributed by atoms with E-state index in [1.165, 1.54) is 18.2 Å². The topological polar surface area (TPSA) is 56.8 Å². The molecule has 0 saturated carbocycles. The van der Waals surface area contributed by atoms with Crippen LogP contribution in [0, 0.1) is 0 Å². The number of halogens is 2. The second kappa shape index (κ2) is 8.03. The number of rotatable bonds is 6. The lowest BCUT2D eigenvalue weighted by Gasteiger charge is -2.26. The maximum Gasteiger partial charge on any atom is 0.387 e. The fourth-order valence-electron chi connectivity index (χ4n) is 2.84. The van der Waals surface area contributed by atoms with E-state index in [1.54, 1.807) is 6.92 Å². The van der Waals surface area contributed by atoms with Crippen LogP contribution in [0.2, 0.25) is 0 Å².